The summed E-state index contributed by atoms with van der Waals surface area (Å²) in [6.07, 6.45) is 5.06. The number of allylic oxidation sites excluding steroid dienone is 2. The van der Waals surface area contributed by atoms with Gasteiger partial charge in [0.1, 0.15) is 5.75 Å². The lowest BCUT2D eigenvalue weighted by molar-refractivity contribution is 0.0936. The molecule has 108 valence electrons. The maximum atomic E-state index is 12.2. The molecule has 6 heteroatoms. The first-order valence-corrected chi connectivity index (χ1v) is 7.12. The summed E-state index contributed by atoms with van der Waals surface area (Å²) in [5, 5.41) is 21.7. The van der Waals surface area contributed by atoms with Crippen molar-refractivity contribution in [3.8, 4) is 11.8 Å². The Kier molecular flexibility index (Phi) is 4.89. The highest BCUT2D eigenvalue weighted by atomic mass is 35.5. The number of phenols is 1. The van der Waals surface area contributed by atoms with Crippen LogP contribution in [0.2, 0.25) is 5.02 Å². The Hall–Kier alpha value is -1.96. The molecule has 0 saturated carbocycles. The Bertz CT molecular complexity index is 662. The second-order valence-electron chi connectivity index (χ2n) is 4.57. The predicted molar refractivity (Wildman–Crippen MR) is 81.4 cm³/mol. The van der Waals surface area contributed by atoms with Crippen molar-refractivity contribution in [3.63, 3.8) is 0 Å². The van der Waals surface area contributed by atoms with Crippen molar-refractivity contribution in [3.05, 3.63) is 52.6 Å². The fraction of sp³-hybridized carbons (Fsp3) is 0.200. The lowest BCUT2D eigenvalue weighted by Crippen LogP contribution is -2.40. The topological polar surface area (TPSA) is 73.1 Å². The largest absolute Gasteiger partial charge is 0.507 e. The maximum absolute atomic E-state index is 12.2. The summed E-state index contributed by atoms with van der Waals surface area (Å²) in [4.78, 5) is 12.2. The van der Waals surface area contributed by atoms with Gasteiger partial charge in [-0.15, -0.1) is 11.6 Å². The summed E-state index contributed by atoms with van der Waals surface area (Å²) in [5.41, 5.74) is 0.607. The highest BCUT2D eigenvalue weighted by molar-refractivity contribution is 6.31. The first-order chi connectivity index (χ1) is 10.0. The van der Waals surface area contributed by atoms with E-state index in [1.54, 1.807) is 18.2 Å². The van der Waals surface area contributed by atoms with Crippen LogP contribution in [-0.4, -0.2) is 22.9 Å². The number of hydrogen-bond acceptors (Lipinski definition) is 3. The molecule has 21 heavy (non-hydrogen) atoms. The van der Waals surface area contributed by atoms with E-state index in [0.29, 0.717) is 10.6 Å². The summed E-state index contributed by atoms with van der Waals surface area (Å²) in [6, 6.07) is 5.95. The normalized spacial score (nSPS) is 20.5. The Balaban J connectivity index is 2.17. The molecule has 2 rings (SSSR count). The van der Waals surface area contributed by atoms with Crippen molar-refractivity contribution in [2.75, 3.05) is 5.88 Å². The van der Waals surface area contributed by atoms with Gasteiger partial charge in [-0.1, -0.05) is 23.8 Å². The second kappa shape index (κ2) is 6.66. The number of phenolic OH excluding ortho intramolecular Hbond substituents is 1. The van der Waals surface area contributed by atoms with Crippen molar-refractivity contribution in [1.82, 2.24) is 5.32 Å². The third kappa shape index (κ3) is 3.57. The third-order valence-electron chi connectivity index (χ3n) is 3.15. The van der Waals surface area contributed by atoms with Gasteiger partial charge in [0.05, 0.1) is 17.7 Å². The fourth-order valence-corrected chi connectivity index (χ4v) is 2.48. The quantitative estimate of drug-likeness (QED) is 0.840. The SMILES string of the molecule is N#CC1=CC(CCl)C(NC(=O)c2cc(Cl)ccc2O)C=C1. The van der Waals surface area contributed by atoms with Crippen LogP contribution in [0.4, 0.5) is 0 Å². The summed E-state index contributed by atoms with van der Waals surface area (Å²) < 4.78 is 0. The molecule has 0 saturated heterocycles. The van der Waals surface area contributed by atoms with Gasteiger partial charge in [0.2, 0.25) is 0 Å². The smallest absolute Gasteiger partial charge is 0.255 e. The molecule has 0 spiro atoms. The van der Waals surface area contributed by atoms with Gasteiger partial charge in [0.15, 0.2) is 0 Å². The van der Waals surface area contributed by atoms with Crippen LogP contribution in [0.5, 0.6) is 5.75 Å². The molecule has 1 amide bonds. The third-order valence-corrected chi connectivity index (χ3v) is 3.74. The van der Waals surface area contributed by atoms with Crippen molar-refractivity contribution in [2.24, 2.45) is 5.92 Å². The lowest BCUT2D eigenvalue weighted by Gasteiger charge is -2.24. The van der Waals surface area contributed by atoms with E-state index in [-0.39, 0.29) is 29.2 Å². The zero-order valence-electron chi connectivity index (χ0n) is 10.9. The zero-order chi connectivity index (χ0) is 15.4. The summed E-state index contributed by atoms with van der Waals surface area (Å²) in [6.45, 7) is 0. The van der Waals surface area contributed by atoms with Crippen molar-refractivity contribution in [1.29, 1.82) is 5.26 Å². The van der Waals surface area contributed by atoms with E-state index in [0.717, 1.165) is 0 Å². The summed E-state index contributed by atoms with van der Waals surface area (Å²) in [5.74, 6) is -0.514. The van der Waals surface area contributed by atoms with E-state index in [1.165, 1.54) is 18.2 Å². The molecule has 1 aromatic rings. The molecule has 0 bridgehead atoms. The Morgan fingerprint density at radius 1 is 1.48 bits per heavy atom. The fourth-order valence-electron chi connectivity index (χ4n) is 2.03. The van der Waals surface area contributed by atoms with Crippen molar-refractivity contribution in [2.45, 2.75) is 6.04 Å². The standard InChI is InChI=1S/C15H12Cl2N2O2/c16-7-10-5-9(8-18)1-3-13(10)19-15(21)12-6-11(17)2-4-14(12)20/h1-6,10,13,20H,7H2,(H,19,21). The van der Waals surface area contributed by atoms with Crippen LogP contribution in [-0.2, 0) is 0 Å². The minimum atomic E-state index is -0.450. The minimum Gasteiger partial charge on any atom is -0.507 e. The van der Waals surface area contributed by atoms with Gasteiger partial charge in [-0.3, -0.25) is 4.79 Å². The van der Waals surface area contributed by atoms with E-state index in [2.05, 4.69) is 5.32 Å². The average molecular weight is 323 g/mol. The Labute approximate surface area is 132 Å². The number of nitrogens with zero attached hydrogens (tertiary/aromatic N) is 1. The summed E-state index contributed by atoms with van der Waals surface area (Å²) >= 11 is 11.7. The maximum Gasteiger partial charge on any atom is 0.255 e. The second-order valence-corrected chi connectivity index (χ2v) is 5.32. The molecule has 1 aliphatic carbocycles. The van der Waals surface area contributed by atoms with Gasteiger partial charge in [0.25, 0.3) is 5.91 Å². The number of rotatable bonds is 3. The van der Waals surface area contributed by atoms with Gasteiger partial charge >= 0.3 is 0 Å². The number of hydrogen-bond donors (Lipinski definition) is 2. The summed E-state index contributed by atoms with van der Waals surface area (Å²) in [7, 11) is 0. The van der Waals surface area contributed by atoms with Gasteiger partial charge in [-0.2, -0.15) is 5.26 Å². The van der Waals surface area contributed by atoms with Gasteiger partial charge in [-0.05, 0) is 24.3 Å². The molecular formula is C15H12Cl2N2O2. The van der Waals surface area contributed by atoms with Gasteiger partial charge < -0.3 is 10.4 Å². The molecular weight excluding hydrogens is 311 g/mol. The monoisotopic (exact) mass is 322 g/mol. The number of carbonyl (C=O) groups is 1. The number of carbonyl (C=O) groups excluding carboxylic acids is 1. The van der Waals surface area contributed by atoms with Crippen LogP contribution in [0.25, 0.3) is 0 Å². The molecule has 0 aromatic heterocycles. The van der Waals surface area contributed by atoms with Crippen LogP contribution in [0.3, 0.4) is 0 Å². The van der Waals surface area contributed by atoms with E-state index in [9.17, 15) is 9.90 Å². The number of nitrogens with one attached hydrogen (secondary N) is 1. The molecule has 1 aromatic carbocycles. The van der Waals surface area contributed by atoms with E-state index in [1.807, 2.05) is 6.07 Å². The molecule has 2 N–H and O–H groups in total. The van der Waals surface area contributed by atoms with Crippen molar-refractivity contribution >= 4 is 29.1 Å². The molecule has 0 fully saturated rings. The number of halogens is 2. The molecule has 2 atom stereocenters. The van der Waals surface area contributed by atoms with Gasteiger partial charge in [-0.25, -0.2) is 0 Å². The van der Waals surface area contributed by atoms with Gasteiger partial charge in [0, 0.05) is 22.4 Å². The number of nitriles is 1. The van der Waals surface area contributed by atoms with Crippen molar-refractivity contribution < 1.29 is 9.90 Å². The highest BCUT2D eigenvalue weighted by Crippen LogP contribution is 2.23. The lowest BCUT2D eigenvalue weighted by atomic mass is 9.93. The van der Waals surface area contributed by atoms with Crippen LogP contribution >= 0.6 is 23.2 Å². The van der Waals surface area contributed by atoms with E-state index < -0.39 is 5.91 Å². The molecule has 0 heterocycles. The zero-order valence-corrected chi connectivity index (χ0v) is 12.4. The predicted octanol–water partition coefficient (Wildman–Crippen LogP) is 3.02. The Morgan fingerprint density at radius 3 is 2.90 bits per heavy atom. The van der Waals surface area contributed by atoms with Crippen LogP contribution < -0.4 is 5.32 Å². The number of aromatic hydroxyl groups is 1. The van der Waals surface area contributed by atoms with Crippen LogP contribution in [0.15, 0.2) is 42.0 Å². The molecule has 0 radical (unpaired) electrons. The number of amides is 1. The van der Waals surface area contributed by atoms with E-state index >= 15 is 0 Å². The first kappa shape index (κ1) is 15.4. The minimum absolute atomic E-state index is 0.0966. The molecule has 2 unspecified atom stereocenters. The molecule has 4 nitrogen and oxygen atoms in total. The van der Waals surface area contributed by atoms with Crippen LogP contribution in [0.1, 0.15) is 10.4 Å². The number of alkyl halides is 1. The molecule has 0 aliphatic heterocycles. The van der Waals surface area contributed by atoms with Crippen LogP contribution in [0, 0.1) is 17.2 Å². The van der Waals surface area contributed by atoms with E-state index in [4.69, 9.17) is 28.5 Å². The average Bonchev–Trinajstić information content (AvgIpc) is 2.49. The highest BCUT2D eigenvalue weighted by Gasteiger charge is 2.23. The Morgan fingerprint density at radius 2 is 2.24 bits per heavy atom. The number of benzene rings is 1. The first-order valence-electron chi connectivity index (χ1n) is 6.20. The molecule has 1 aliphatic rings.